The fourth-order valence-electron chi connectivity index (χ4n) is 2.15. The molecule has 0 aliphatic carbocycles. The Labute approximate surface area is 135 Å². The molecule has 0 aliphatic heterocycles. The van der Waals surface area contributed by atoms with Crippen LogP contribution < -0.4 is 0 Å². The molecule has 0 N–H and O–H groups in total. The molecule has 20 heavy (non-hydrogen) atoms. The molecule has 0 bridgehead atoms. The van der Waals surface area contributed by atoms with Crippen molar-refractivity contribution in [2.24, 2.45) is 0 Å². The Morgan fingerprint density at radius 2 is 2.20 bits per heavy atom. The highest BCUT2D eigenvalue weighted by atomic mass is 127. The van der Waals surface area contributed by atoms with Crippen LogP contribution in [0.3, 0.4) is 0 Å². The van der Waals surface area contributed by atoms with Gasteiger partial charge in [0.05, 0.1) is 20.5 Å². The van der Waals surface area contributed by atoms with E-state index in [0.717, 1.165) is 0 Å². The van der Waals surface area contributed by atoms with Crippen molar-refractivity contribution in [3.05, 3.63) is 27.3 Å². The zero-order valence-corrected chi connectivity index (χ0v) is 14.2. The molecule has 1 amide bonds. The van der Waals surface area contributed by atoms with Crippen molar-refractivity contribution in [3.8, 4) is 0 Å². The number of fused-ring (bicyclic) bond motifs is 1. The van der Waals surface area contributed by atoms with Crippen molar-refractivity contribution in [2.75, 3.05) is 14.1 Å². The highest BCUT2D eigenvalue weighted by Crippen LogP contribution is 2.26. The number of hydrogen-bond donors (Lipinski definition) is 0. The minimum Gasteiger partial charge on any atom is -0.347 e. The second-order valence-electron chi connectivity index (χ2n) is 4.70. The molecule has 0 spiro atoms. The van der Waals surface area contributed by atoms with Gasteiger partial charge >= 0.3 is 0 Å². The van der Waals surface area contributed by atoms with Gasteiger partial charge in [-0.2, -0.15) is 0 Å². The molecule has 1 unspecified atom stereocenters. The number of carbonyl (C=O) groups is 1. The van der Waals surface area contributed by atoms with Crippen LogP contribution in [0.4, 0.5) is 4.39 Å². The standard InChI is InChI=1S/C13H14ClFIN3O/c1-7(13(20)18(2)3)19-11-4-8(15)9(16)5-10(11)17-12(19)6-14/h4-5,7H,6H2,1-3H3. The van der Waals surface area contributed by atoms with E-state index in [4.69, 9.17) is 11.6 Å². The van der Waals surface area contributed by atoms with E-state index in [1.54, 1.807) is 31.7 Å². The van der Waals surface area contributed by atoms with Gasteiger partial charge in [-0.15, -0.1) is 11.6 Å². The maximum Gasteiger partial charge on any atom is 0.244 e. The minimum atomic E-state index is -0.483. The van der Waals surface area contributed by atoms with Crippen LogP contribution >= 0.6 is 34.2 Å². The van der Waals surface area contributed by atoms with Gasteiger partial charge in [0.2, 0.25) is 5.91 Å². The molecular formula is C13H14ClFIN3O. The molecule has 1 atom stereocenters. The van der Waals surface area contributed by atoms with Crippen molar-refractivity contribution >= 4 is 51.1 Å². The summed E-state index contributed by atoms with van der Waals surface area (Å²) in [4.78, 5) is 18.0. The van der Waals surface area contributed by atoms with Gasteiger partial charge in [-0.1, -0.05) is 0 Å². The second-order valence-corrected chi connectivity index (χ2v) is 6.12. The lowest BCUT2D eigenvalue weighted by molar-refractivity contribution is -0.131. The number of likely N-dealkylation sites (N-methyl/N-ethyl adjacent to an activating group) is 1. The third kappa shape index (κ3) is 2.63. The second kappa shape index (κ2) is 5.85. The van der Waals surface area contributed by atoms with E-state index in [2.05, 4.69) is 4.98 Å². The first-order valence-corrected chi connectivity index (χ1v) is 7.61. The van der Waals surface area contributed by atoms with E-state index in [0.29, 0.717) is 20.4 Å². The highest BCUT2D eigenvalue weighted by molar-refractivity contribution is 14.1. The molecule has 4 nitrogen and oxygen atoms in total. The predicted octanol–water partition coefficient (Wildman–Crippen LogP) is 3.17. The van der Waals surface area contributed by atoms with Gasteiger partial charge in [0.25, 0.3) is 0 Å². The fraction of sp³-hybridized carbons (Fsp3) is 0.385. The lowest BCUT2D eigenvalue weighted by Crippen LogP contribution is -2.30. The zero-order chi connectivity index (χ0) is 15.0. The number of amides is 1. The van der Waals surface area contributed by atoms with Crippen LogP contribution in [-0.2, 0) is 10.7 Å². The molecule has 2 aromatic rings. The average Bonchev–Trinajstić information content (AvgIpc) is 2.75. The summed E-state index contributed by atoms with van der Waals surface area (Å²) in [6, 6.07) is 2.58. The zero-order valence-electron chi connectivity index (χ0n) is 11.3. The van der Waals surface area contributed by atoms with Gasteiger partial charge in [0.15, 0.2) is 0 Å². The summed E-state index contributed by atoms with van der Waals surface area (Å²) in [6.07, 6.45) is 0. The van der Waals surface area contributed by atoms with Crippen molar-refractivity contribution in [1.82, 2.24) is 14.5 Å². The van der Waals surface area contributed by atoms with Crippen LogP contribution in [0, 0.1) is 9.39 Å². The number of halogens is 3. The summed E-state index contributed by atoms with van der Waals surface area (Å²) in [7, 11) is 3.36. The first-order valence-electron chi connectivity index (χ1n) is 5.99. The number of benzene rings is 1. The maximum absolute atomic E-state index is 13.8. The number of alkyl halides is 1. The third-order valence-corrected chi connectivity index (χ3v) is 4.18. The Kier molecular flexibility index (Phi) is 4.53. The summed E-state index contributed by atoms with van der Waals surface area (Å²) in [6.45, 7) is 1.76. The van der Waals surface area contributed by atoms with Crippen LogP contribution in [0.25, 0.3) is 11.0 Å². The number of imidazole rings is 1. The summed E-state index contributed by atoms with van der Waals surface area (Å²) in [5, 5.41) is 0. The van der Waals surface area contributed by atoms with Crippen molar-refractivity contribution < 1.29 is 9.18 Å². The Bertz CT molecular complexity index is 671. The molecule has 0 saturated carbocycles. The number of carbonyl (C=O) groups excluding carboxylic acids is 1. The van der Waals surface area contributed by atoms with E-state index in [9.17, 15) is 9.18 Å². The molecule has 1 heterocycles. The van der Waals surface area contributed by atoms with Gasteiger partial charge in [-0.3, -0.25) is 4.79 Å². The molecule has 7 heteroatoms. The summed E-state index contributed by atoms with van der Waals surface area (Å²) in [5.41, 5.74) is 1.23. The largest absolute Gasteiger partial charge is 0.347 e. The number of rotatable bonds is 3. The number of nitrogens with zero attached hydrogens (tertiary/aromatic N) is 3. The monoisotopic (exact) mass is 409 g/mol. The highest BCUT2D eigenvalue weighted by Gasteiger charge is 2.23. The van der Waals surface area contributed by atoms with Crippen LogP contribution in [0.15, 0.2) is 12.1 Å². The Hall–Kier alpha value is -0.890. The topological polar surface area (TPSA) is 38.1 Å². The van der Waals surface area contributed by atoms with E-state index in [1.165, 1.54) is 11.0 Å². The fourth-order valence-corrected chi connectivity index (χ4v) is 2.79. The predicted molar refractivity (Wildman–Crippen MR) is 85.4 cm³/mol. The molecule has 0 saturated heterocycles. The average molecular weight is 410 g/mol. The lowest BCUT2D eigenvalue weighted by Gasteiger charge is -2.20. The third-order valence-electron chi connectivity index (χ3n) is 3.11. The lowest BCUT2D eigenvalue weighted by atomic mass is 10.2. The van der Waals surface area contributed by atoms with Gasteiger partial charge < -0.3 is 9.47 Å². The first-order chi connectivity index (χ1) is 9.36. The molecule has 1 aromatic carbocycles. The van der Waals surface area contributed by atoms with Crippen molar-refractivity contribution in [3.63, 3.8) is 0 Å². The quantitative estimate of drug-likeness (QED) is 0.577. The Morgan fingerprint density at radius 1 is 1.55 bits per heavy atom. The molecule has 108 valence electrons. The molecule has 2 rings (SSSR count). The van der Waals surface area contributed by atoms with Gasteiger partial charge in [0, 0.05) is 20.2 Å². The van der Waals surface area contributed by atoms with Crippen molar-refractivity contribution in [1.29, 1.82) is 0 Å². The summed E-state index contributed by atoms with van der Waals surface area (Å²) < 4.78 is 16.0. The molecule has 0 fully saturated rings. The van der Waals surface area contributed by atoms with Gasteiger partial charge in [0.1, 0.15) is 17.7 Å². The van der Waals surface area contributed by atoms with Crippen LogP contribution in [0.5, 0.6) is 0 Å². The van der Waals surface area contributed by atoms with Crippen LogP contribution in [-0.4, -0.2) is 34.5 Å². The van der Waals surface area contributed by atoms with Crippen molar-refractivity contribution in [2.45, 2.75) is 18.8 Å². The Balaban J connectivity index is 2.67. The molecule has 0 aliphatic rings. The molecule has 0 radical (unpaired) electrons. The van der Waals surface area contributed by atoms with Gasteiger partial charge in [-0.25, -0.2) is 9.37 Å². The van der Waals surface area contributed by atoms with E-state index < -0.39 is 6.04 Å². The summed E-state index contributed by atoms with van der Waals surface area (Å²) in [5.74, 6) is 0.308. The van der Waals surface area contributed by atoms with Crippen LogP contribution in [0.1, 0.15) is 18.8 Å². The molecular weight excluding hydrogens is 396 g/mol. The SMILES string of the molecule is CC(C(=O)N(C)C)n1c(CCl)nc2cc(I)c(F)cc21. The normalized spacial score (nSPS) is 12.7. The molecule has 1 aromatic heterocycles. The Morgan fingerprint density at radius 3 is 2.75 bits per heavy atom. The smallest absolute Gasteiger partial charge is 0.244 e. The first kappa shape index (κ1) is 15.5. The minimum absolute atomic E-state index is 0.0883. The van der Waals surface area contributed by atoms with E-state index in [1.807, 2.05) is 22.6 Å². The van der Waals surface area contributed by atoms with E-state index >= 15 is 0 Å². The van der Waals surface area contributed by atoms with E-state index in [-0.39, 0.29) is 17.6 Å². The maximum atomic E-state index is 13.8. The summed E-state index contributed by atoms with van der Waals surface area (Å²) >= 11 is 7.82. The number of aromatic nitrogens is 2. The number of hydrogen-bond acceptors (Lipinski definition) is 2. The van der Waals surface area contributed by atoms with Gasteiger partial charge in [-0.05, 0) is 35.6 Å². The van der Waals surface area contributed by atoms with Crippen LogP contribution in [0.2, 0.25) is 0 Å².